The van der Waals surface area contributed by atoms with E-state index in [2.05, 4.69) is 53.8 Å². The van der Waals surface area contributed by atoms with Crippen LogP contribution in [0.1, 0.15) is 48.6 Å². The highest BCUT2D eigenvalue weighted by Gasteiger charge is 2.23. The molecule has 1 nitrogen and oxygen atoms in total. The normalized spacial score (nSPS) is 18.3. The molecule has 0 bridgehead atoms. The van der Waals surface area contributed by atoms with Crippen LogP contribution in [0.4, 0.5) is 11.4 Å². The zero-order valence-electron chi connectivity index (χ0n) is 11.1. The van der Waals surface area contributed by atoms with Gasteiger partial charge in [-0.1, -0.05) is 24.3 Å². The highest BCUT2D eigenvalue weighted by atomic mass is 14.9. The molecular formula is C18H19N. The summed E-state index contributed by atoms with van der Waals surface area (Å²) in [5, 5.41) is 3.48. The molecule has 0 amide bonds. The molecule has 4 rings (SSSR count). The van der Waals surface area contributed by atoms with Gasteiger partial charge in [0.1, 0.15) is 0 Å². The lowest BCUT2D eigenvalue weighted by molar-refractivity contribution is 1.13. The molecular weight excluding hydrogens is 230 g/mol. The average Bonchev–Trinajstić information content (AvgIpc) is 3.31. The SMILES string of the molecule is c1cc(C2CC2)ccc1Nc1ccc(C2CC2)cc1. The summed E-state index contributed by atoms with van der Waals surface area (Å²) < 4.78 is 0. The van der Waals surface area contributed by atoms with Crippen LogP contribution >= 0.6 is 0 Å². The van der Waals surface area contributed by atoms with Crippen LogP contribution in [-0.2, 0) is 0 Å². The van der Waals surface area contributed by atoms with Crippen molar-refractivity contribution in [2.75, 3.05) is 5.32 Å². The van der Waals surface area contributed by atoms with E-state index in [-0.39, 0.29) is 0 Å². The largest absolute Gasteiger partial charge is 0.356 e. The first-order valence-corrected chi connectivity index (χ1v) is 7.35. The Kier molecular flexibility index (Phi) is 2.58. The Hall–Kier alpha value is -1.76. The Balaban J connectivity index is 1.46. The fourth-order valence-electron chi connectivity index (χ4n) is 2.68. The summed E-state index contributed by atoms with van der Waals surface area (Å²) in [6, 6.07) is 17.8. The predicted molar refractivity (Wildman–Crippen MR) is 80.1 cm³/mol. The van der Waals surface area contributed by atoms with Gasteiger partial charge in [0.05, 0.1) is 0 Å². The number of hydrogen-bond acceptors (Lipinski definition) is 1. The first kappa shape index (κ1) is 11.1. The first-order chi connectivity index (χ1) is 9.38. The Bertz CT molecular complexity index is 506. The van der Waals surface area contributed by atoms with E-state index in [0.717, 1.165) is 11.8 Å². The summed E-state index contributed by atoms with van der Waals surface area (Å²) in [6.07, 6.45) is 5.48. The molecule has 0 atom stereocenters. The molecule has 2 fully saturated rings. The van der Waals surface area contributed by atoms with E-state index in [1.807, 2.05) is 0 Å². The van der Waals surface area contributed by atoms with E-state index in [0.29, 0.717) is 0 Å². The lowest BCUT2D eigenvalue weighted by Gasteiger charge is -2.08. The van der Waals surface area contributed by atoms with E-state index in [9.17, 15) is 0 Å². The molecule has 19 heavy (non-hydrogen) atoms. The van der Waals surface area contributed by atoms with Gasteiger partial charge in [-0.15, -0.1) is 0 Å². The topological polar surface area (TPSA) is 12.0 Å². The van der Waals surface area contributed by atoms with Crippen LogP contribution in [0.15, 0.2) is 48.5 Å². The molecule has 2 aromatic rings. The van der Waals surface area contributed by atoms with Crippen molar-refractivity contribution in [3.8, 4) is 0 Å². The second kappa shape index (κ2) is 4.41. The summed E-state index contributed by atoms with van der Waals surface area (Å²) >= 11 is 0. The summed E-state index contributed by atoms with van der Waals surface area (Å²) in [5.74, 6) is 1.68. The van der Waals surface area contributed by atoms with Gasteiger partial charge in [0.25, 0.3) is 0 Å². The molecule has 0 unspecified atom stereocenters. The van der Waals surface area contributed by atoms with Gasteiger partial charge in [0.2, 0.25) is 0 Å². The second-order valence-corrected chi connectivity index (χ2v) is 5.92. The van der Waals surface area contributed by atoms with Gasteiger partial charge in [-0.3, -0.25) is 0 Å². The predicted octanol–water partition coefficient (Wildman–Crippen LogP) is 5.19. The van der Waals surface area contributed by atoms with Crippen LogP contribution in [0.3, 0.4) is 0 Å². The van der Waals surface area contributed by atoms with Gasteiger partial charge in [0, 0.05) is 11.4 Å². The number of benzene rings is 2. The minimum atomic E-state index is 0.840. The van der Waals surface area contributed by atoms with Crippen molar-refractivity contribution < 1.29 is 0 Å². The van der Waals surface area contributed by atoms with Crippen LogP contribution in [0.5, 0.6) is 0 Å². The zero-order valence-corrected chi connectivity index (χ0v) is 11.1. The van der Waals surface area contributed by atoms with Crippen molar-refractivity contribution in [2.45, 2.75) is 37.5 Å². The fourth-order valence-corrected chi connectivity index (χ4v) is 2.68. The van der Waals surface area contributed by atoms with Gasteiger partial charge < -0.3 is 5.32 Å². The number of rotatable bonds is 4. The average molecular weight is 249 g/mol. The maximum absolute atomic E-state index is 3.48. The zero-order chi connectivity index (χ0) is 12.7. The Morgan fingerprint density at radius 3 is 1.26 bits per heavy atom. The third kappa shape index (κ3) is 2.51. The molecule has 1 heteroatoms. The van der Waals surface area contributed by atoms with Crippen molar-refractivity contribution in [3.63, 3.8) is 0 Å². The molecule has 0 aromatic heterocycles. The van der Waals surface area contributed by atoms with Crippen LogP contribution in [0.25, 0.3) is 0 Å². The standard InChI is InChI=1S/C18H19N/c1-2-13(1)15-5-9-17(10-6-15)19-18-11-7-16(8-12-18)14-3-4-14/h5-14,19H,1-4H2. The highest BCUT2D eigenvalue weighted by molar-refractivity contribution is 5.60. The number of nitrogens with one attached hydrogen (secondary N) is 1. The monoisotopic (exact) mass is 249 g/mol. The lowest BCUT2D eigenvalue weighted by atomic mass is 10.1. The summed E-state index contributed by atoms with van der Waals surface area (Å²) in [4.78, 5) is 0. The third-order valence-electron chi connectivity index (χ3n) is 4.21. The van der Waals surface area contributed by atoms with E-state index < -0.39 is 0 Å². The Labute approximate surface area is 114 Å². The molecule has 0 saturated heterocycles. The van der Waals surface area contributed by atoms with Crippen LogP contribution in [-0.4, -0.2) is 0 Å². The molecule has 0 aliphatic heterocycles. The van der Waals surface area contributed by atoms with Crippen molar-refractivity contribution in [3.05, 3.63) is 59.7 Å². The number of anilines is 2. The minimum absolute atomic E-state index is 0.840. The molecule has 0 spiro atoms. The first-order valence-electron chi connectivity index (χ1n) is 7.35. The molecule has 2 aliphatic rings. The summed E-state index contributed by atoms with van der Waals surface area (Å²) in [5.41, 5.74) is 5.36. The van der Waals surface area contributed by atoms with Crippen molar-refractivity contribution in [1.82, 2.24) is 0 Å². The third-order valence-corrected chi connectivity index (χ3v) is 4.21. The molecule has 0 heterocycles. The van der Waals surface area contributed by atoms with Gasteiger partial charge >= 0.3 is 0 Å². The summed E-state index contributed by atoms with van der Waals surface area (Å²) in [7, 11) is 0. The molecule has 2 saturated carbocycles. The van der Waals surface area contributed by atoms with Gasteiger partial charge in [-0.05, 0) is 72.9 Å². The van der Waals surface area contributed by atoms with E-state index in [1.54, 1.807) is 0 Å². The molecule has 0 radical (unpaired) electrons. The fraction of sp³-hybridized carbons (Fsp3) is 0.333. The van der Waals surface area contributed by atoms with E-state index >= 15 is 0 Å². The molecule has 96 valence electrons. The maximum Gasteiger partial charge on any atom is 0.0384 e. The summed E-state index contributed by atoms with van der Waals surface area (Å²) in [6.45, 7) is 0. The Morgan fingerprint density at radius 1 is 0.579 bits per heavy atom. The smallest absolute Gasteiger partial charge is 0.0384 e. The van der Waals surface area contributed by atoms with Crippen molar-refractivity contribution >= 4 is 11.4 Å². The molecule has 2 aliphatic carbocycles. The Morgan fingerprint density at radius 2 is 0.947 bits per heavy atom. The van der Waals surface area contributed by atoms with Crippen LogP contribution in [0.2, 0.25) is 0 Å². The number of hydrogen-bond donors (Lipinski definition) is 1. The van der Waals surface area contributed by atoms with Crippen molar-refractivity contribution in [2.24, 2.45) is 0 Å². The highest BCUT2D eigenvalue weighted by Crippen LogP contribution is 2.41. The van der Waals surface area contributed by atoms with Gasteiger partial charge in [-0.25, -0.2) is 0 Å². The molecule has 1 N–H and O–H groups in total. The molecule has 2 aromatic carbocycles. The van der Waals surface area contributed by atoms with Crippen LogP contribution < -0.4 is 5.32 Å². The minimum Gasteiger partial charge on any atom is -0.356 e. The quantitative estimate of drug-likeness (QED) is 0.786. The van der Waals surface area contributed by atoms with Crippen molar-refractivity contribution in [1.29, 1.82) is 0 Å². The van der Waals surface area contributed by atoms with Crippen LogP contribution in [0, 0.1) is 0 Å². The lowest BCUT2D eigenvalue weighted by Crippen LogP contribution is -1.91. The van der Waals surface area contributed by atoms with E-state index in [4.69, 9.17) is 0 Å². The van der Waals surface area contributed by atoms with Gasteiger partial charge in [0.15, 0.2) is 0 Å². The van der Waals surface area contributed by atoms with E-state index in [1.165, 1.54) is 48.2 Å². The second-order valence-electron chi connectivity index (χ2n) is 5.92. The van der Waals surface area contributed by atoms with Gasteiger partial charge in [-0.2, -0.15) is 0 Å². The maximum atomic E-state index is 3.48.